The molecule has 0 radical (unpaired) electrons. The van der Waals surface area contributed by atoms with Crippen LogP contribution in [0.2, 0.25) is 0 Å². The van der Waals surface area contributed by atoms with Crippen molar-refractivity contribution in [2.75, 3.05) is 11.9 Å². The molecule has 38 heavy (non-hydrogen) atoms. The summed E-state index contributed by atoms with van der Waals surface area (Å²) in [7, 11) is 0. The molecule has 0 bridgehead atoms. The lowest BCUT2D eigenvalue weighted by Gasteiger charge is -2.25. The summed E-state index contributed by atoms with van der Waals surface area (Å²) in [6.07, 6.45) is -5.83. The van der Waals surface area contributed by atoms with Gasteiger partial charge in [0.1, 0.15) is 6.61 Å². The van der Waals surface area contributed by atoms with Crippen molar-refractivity contribution in [3.8, 4) is 22.8 Å². The molecule has 11 nitrogen and oxygen atoms in total. The van der Waals surface area contributed by atoms with E-state index in [1.54, 1.807) is 30.7 Å². The molecule has 1 aliphatic rings. The number of ether oxygens (including phenoxy) is 2. The Labute approximate surface area is 208 Å². The summed E-state index contributed by atoms with van der Waals surface area (Å²) in [5.74, 6) is -4.58. The Balaban J connectivity index is 0.000000301. The molecule has 3 heterocycles. The molecule has 0 aliphatic carbocycles. The topological polar surface area (TPSA) is 164 Å². The normalized spacial score (nSPS) is 14.1. The molecule has 1 aliphatic heterocycles. The maximum absolute atomic E-state index is 12.3. The first-order chi connectivity index (χ1) is 17.7. The molecule has 1 atom stereocenters. The van der Waals surface area contributed by atoms with Crippen LogP contribution < -0.4 is 14.8 Å². The van der Waals surface area contributed by atoms with Crippen molar-refractivity contribution in [3.63, 3.8) is 0 Å². The Morgan fingerprint density at radius 1 is 0.921 bits per heavy atom. The number of para-hydroxylation sites is 2. The van der Waals surface area contributed by atoms with Crippen LogP contribution in [-0.2, 0) is 14.4 Å². The Kier molecular flexibility index (Phi) is 9.61. The number of fused-ring (bicyclic) bond motifs is 1. The number of halogens is 6. The van der Waals surface area contributed by atoms with E-state index in [4.69, 9.17) is 29.3 Å². The number of carboxylic acid groups (broad SMARTS) is 2. The van der Waals surface area contributed by atoms with E-state index in [0.29, 0.717) is 17.2 Å². The number of nitrogens with one attached hydrogen (secondary N) is 2. The summed E-state index contributed by atoms with van der Waals surface area (Å²) in [5, 5.41) is 23.7. The van der Waals surface area contributed by atoms with Crippen molar-refractivity contribution in [1.29, 1.82) is 0 Å². The molecule has 1 aromatic carbocycles. The van der Waals surface area contributed by atoms with E-state index in [0.717, 1.165) is 11.3 Å². The van der Waals surface area contributed by atoms with Crippen LogP contribution in [0.3, 0.4) is 0 Å². The molecule has 0 fully saturated rings. The summed E-state index contributed by atoms with van der Waals surface area (Å²) in [6, 6.07) is 10.9. The molecule has 4 N–H and O–H groups in total. The number of aromatic nitrogens is 3. The Bertz CT molecular complexity index is 1210. The van der Waals surface area contributed by atoms with E-state index in [1.165, 1.54) is 0 Å². The molecule has 17 heteroatoms. The smallest absolute Gasteiger partial charge is 0.485 e. The maximum Gasteiger partial charge on any atom is 0.490 e. The van der Waals surface area contributed by atoms with Gasteiger partial charge in [-0.1, -0.05) is 12.1 Å². The second kappa shape index (κ2) is 12.4. The van der Waals surface area contributed by atoms with Gasteiger partial charge in [-0.2, -0.15) is 31.4 Å². The van der Waals surface area contributed by atoms with Crippen molar-refractivity contribution in [2.24, 2.45) is 0 Å². The monoisotopic (exact) mass is 550 g/mol. The van der Waals surface area contributed by atoms with Gasteiger partial charge in [-0.3, -0.25) is 14.9 Å². The molecule has 2 aromatic heterocycles. The number of amides is 1. The fraction of sp³-hybridized carbons (Fsp3) is 0.190. The van der Waals surface area contributed by atoms with Gasteiger partial charge in [0, 0.05) is 11.8 Å². The van der Waals surface area contributed by atoms with Crippen LogP contribution in [0, 0.1) is 0 Å². The van der Waals surface area contributed by atoms with Gasteiger partial charge >= 0.3 is 24.3 Å². The molecular formula is C21H16F6N4O7. The average Bonchev–Trinajstić information content (AvgIpc) is 3.39. The van der Waals surface area contributed by atoms with Gasteiger partial charge in [0.05, 0.1) is 23.8 Å². The Morgan fingerprint density at radius 3 is 1.97 bits per heavy atom. The van der Waals surface area contributed by atoms with E-state index >= 15 is 0 Å². The second-order valence-corrected chi connectivity index (χ2v) is 6.88. The number of pyridine rings is 1. The molecule has 3 aromatic rings. The van der Waals surface area contributed by atoms with Crippen LogP contribution in [0.5, 0.6) is 11.5 Å². The van der Waals surface area contributed by atoms with Crippen molar-refractivity contribution >= 4 is 23.5 Å². The van der Waals surface area contributed by atoms with Crippen LogP contribution in [0.4, 0.5) is 32.0 Å². The largest absolute Gasteiger partial charge is 0.490 e. The van der Waals surface area contributed by atoms with Crippen molar-refractivity contribution in [2.45, 2.75) is 18.5 Å². The number of hydrogen-bond acceptors (Lipinski definition) is 7. The fourth-order valence-corrected chi connectivity index (χ4v) is 2.40. The minimum atomic E-state index is -5.08. The number of carbonyl (C=O) groups excluding carboxylic acids is 1. The molecule has 0 saturated heterocycles. The Hall–Kier alpha value is -4.83. The number of rotatable bonds is 3. The molecule has 0 saturated carbocycles. The van der Waals surface area contributed by atoms with Crippen molar-refractivity contribution in [1.82, 2.24) is 15.2 Å². The van der Waals surface area contributed by atoms with Gasteiger partial charge in [-0.15, -0.1) is 0 Å². The quantitative estimate of drug-likeness (QED) is 0.357. The first kappa shape index (κ1) is 29.4. The van der Waals surface area contributed by atoms with Gasteiger partial charge < -0.3 is 25.0 Å². The lowest BCUT2D eigenvalue weighted by molar-refractivity contribution is -0.193. The number of hydrogen-bond donors (Lipinski definition) is 4. The number of nitrogens with zero attached hydrogens (tertiary/aromatic N) is 2. The Morgan fingerprint density at radius 2 is 1.50 bits per heavy atom. The molecule has 1 amide bonds. The maximum atomic E-state index is 12.3. The highest BCUT2D eigenvalue weighted by atomic mass is 19.4. The summed E-state index contributed by atoms with van der Waals surface area (Å²) in [4.78, 5) is 34.4. The van der Waals surface area contributed by atoms with Crippen molar-refractivity contribution < 1.29 is 60.4 Å². The highest BCUT2D eigenvalue weighted by Gasteiger charge is 2.38. The number of alkyl halides is 6. The minimum absolute atomic E-state index is 0.170. The van der Waals surface area contributed by atoms with Gasteiger partial charge in [0.15, 0.2) is 11.5 Å². The summed E-state index contributed by atoms with van der Waals surface area (Å²) in [5.41, 5.74) is 2.25. The van der Waals surface area contributed by atoms with E-state index in [1.807, 2.05) is 24.3 Å². The zero-order valence-corrected chi connectivity index (χ0v) is 18.6. The van der Waals surface area contributed by atoms with E-state index in [2.05, 4.69) is 20.5 Å². The van der Waals surface area contributed by atoms with Gasteiger partial charge in [-0.25, -0.2) is 9.59 Å². The third-order valence-electron chi connectivity index (χ3n) is 4.11. The van der Waals surface area contributed by atoms with Gasteiger partial charge in [0.25, 0.3) is 5.91 Å². The summed E-state index contributed by atoms with van der Waals surface area (Å²) < 4.78 is 74.7. The number of carboxylic acids is 2. The number of aromatic amines is 1. The SMILES string of the molecule is O=C(Nc1ccc(-c2cn[nH]c2)nc1)C1COc2ccccc2O1.O=C(O)C(F)(F)F.O=C(O)C(F)(F)F. The van der Waals surface area contributed by atoms with Crippen LogP contribution in [-0.4, -0.2) is 68.3 Å². The molecule has 4 rings (SSSR count). The first-order valence-electron chi connectivity index (χ1n) is 9.93. The third kappa shape index (κ3) is 8.99. The van der Waals surface area contributed by atoms with E-state index in [-0.39, 0.29) is 12.5 Å². The van der Waals surface area contributed by atoms with E-state index < -0.39 is 30.4 Å². The van der Waals surface area contributed by atoms with Gasteiger partial charge in [0.2, 0.25) is 6.10 Å². The molecule has 204 valence electrons. The number of H-pyrrole nitrogens is 1. The lowest BCUT2D eigenvalue weighted by Crippen LogP contribution is -2.40. The van der Waals surface area contributed by atoms with Crippen LogP contribution in [0.1, 0.15) is 0 Å². The average molecular weight is 550 g/mol. The zero-order valence-electron chi connectivity index (χ0n) is 18.6. The molecular weight excluding hydrogens is 534 g/mol. The number of benzene rings is 1. The number of carbonyl (C=O) groups is 3. The highest BCUT2D eigenvalue weighted by molar-refractivity contribution is 5.94. The predicted molar refractivity (Wildman–Crippen MR) is 114 cm³/mol. The lowest BCUT2D eigenvalue weighted by atomic mass is 10.2. The van der Waals surface area contributed by atoms with Crippen molar-refractivity contribution in [3.05, 3.63) is 55.0 Å². The third-order valence-corrected chi connectivity index (χ3v) is 4.11. The van der Waals surface area contributed by atoms with Crippen LogP contribution in [0.25, 0.3) is 11.3 Å². The first-order valence-corrected chi connectivity index (χ1v) is 9.93. The minimum Gasteiger partial charge on any atom is -0.485 e. The fourth-order valence-electron chi connectivity index (χ4n) is 2.40. The highest BCUT2D eigenvalue weighted by Crippen LogP contribution is 2.31. The molecule has 0 spiro atoms. The molecule has 1 unspecified atom stereocenters. The standard InChI is InChI=1S/C17H14N4O3.2C2HF3O2/c22-17(16-10-23-14-3-1-2-4-15(14)24-16)21-12-5-6-13(18-9-12)11-7-19-20-8-11;2*3-2(4,5)1(6)7/h1-9,16H,10H2,(H,19,20)(H,21,22);2*(H,6,7). The second-order valence-electron chi connectivity index (χ2n) is 6.88. The number of anilines is 1. The van der Waals surface area contributed by atoms with E-state index in [9.17, 15) is 31.1 Å². The number of aliphatic carboxylic acids is 2. The predicted octanol–water partition coefficient (Wildman–Crippen LogP) is 3.52. The van der Waals surface area contributed by atoms with Crippen LogP contribution >= 0.6 is 0 Å². The van der Waals surface area contributed by atoms with Crippen LogP contribution in [0.15, 0.2) is 55.0 Å². The summed E-state index contributed by atoms with van der Waals surface area (Å²) in [6.45, 7) is 0.170. The van der Waals surface area contributed by atoms with Gasteiger partial charge in [-0.05, 0) is 24.3 Å². The summed E-state index contributed by atoms with van der Waals surface area (Å²) >= 11 is 0. The zero-order chi connectivity index (χ0) is 28.5.